The molecule has 86 valence electrons. The van der Waals surface area contributed by atoms with Gasteiger partial charge >= 0.3 is 0 Å². The fourth-order valence-corrected chi connectivity index (χ4v) is 2.19. The minimum absolute atomic E-state index is 0.0343. The molecule has 1 aromatic heterocycles. The van der Waals surface area contributed by atoms with Crippen LogP contribution in [0.5, 0.6) is 0 Å². The molecule has 2 rings (SSSR count). The van der Waals surface area contributed by atoms with Crippen LogP contribution in [-0.2, 0) is 4.79 Å². The summed E-state index contributed by atoms with van der Waals surface area (Å²) in [6, 6.07) is 0. The average Bonchev–Trinajstić information content (AvgIpc) is 2.82. The van der Waals surface area contributed by atoms with Gasteiger partial charge in [-0.3, -0.25) is 4.79 Å². The second-order valence-electron chi connectivity index (χ2n) is 4.03. The highest BCUT2D eigenvalue weighted by molar-refractivity contribution is 7.14. The van der Waals surface area contributed by atoms with E-state index >= 15 is 0 Å². The van der Waals surface area contributed by atoms with E-state index in [1.54, 1.807) is 12.3 Å². The Balaban J connectivity index is 2.00. The van der Waals surface area contributed by atoms with Gasteiger partial charge in [0.25, 0.3) is 0 Å². The first kappa shape index (κ1) is 11.1. The van der Waals surface area contributed by atoms with Gasteiger partial charge in [-0.25, -0.2) is 4.98 Å². The Morgan fingerprint density at radius 1 is 1.75 bits per heavy atom. The lowest BCUT2D eigenvalue weighted by Gasteiger charge is -1.98. The number of nitrogens with one attached hydrogen (secondary N) is 1. The van der Waals surface area contributed by atoms with Crippen molar-refractivity contribution in [3.05, 3.63) is 11.1 Å². The molecule has 0 radical (unpaired) electrons. The quantitative estimate of drug-likeness (QED) is 0.481. The van der Waals surface area contributed by atoms with Crippen LogP contribution in [0.25, 0.3) is 0 Å². The number of carbonyl (C=O) groups excluding carboxylic acids is 1. The van der Waals surface area contributed by atoms with Crippen molar-refractivity contribution in [1.82, 2.24) is 4.98 Å². The van der Waals surface area contributed by atoms with Crippen molar-refractivity contribution in [2.24, 2.45) is 17.0 Å². The number of hydrogen-bond donors (Lipinski definition) is 2. The molecule has 1 fully saturated rings. The van der Waals surface area contributed by atoms with Gasteiger partial charge in [0.1, 0.15) is 11.4 Å². The Morgan fingerprint density at radius 2 is 2.44 bits per heavy atom. The van der Waals surface area contributed by atoms with Crippen LogP contribution in [0.3, 0.4) is 0 Å². The fraction of sp³-hybridized carbons (Fsp3) is 0.500. The van der Waals surface area contributed by atoms with E-state index in [1.807, 2.05) is 0 Å². The summed E-state index contributed by atoms with van der Waals surface area (Å²) in [7, 11) is 0. The van der Waals surface area contributed by atoms with Crippen molar-refractivity contribution >= 4 is 28.1 Å². The van der Waals surface area contributed by atoms with Crippen LogP contribution >= 0.6 is 11.3 Å². The van der Waals surface area contributed by atoms with E-state index in [4.69, 9.17) is 5.21 Å². The summed E-state index contributed by atoms with van der Waals surface area (Å²) in [5.74, 6) is 0.659. The summed E-state index contributed by atoms with van der Waals surface area (Å²) in [5.41, 5.74) is 1.03. The number of thiazole rings is 1. The summed E-state index contributed by atoms with van der Waals surface area (Å²) >= 11 is 1.33. The molecule has 0 bridgehead atoms. The van der Waals surface area contributed by atoms with Crippen LogP contribution in [0.2, 0.25) is 0 Å². The van der Waals surface area contributed by atoms with Gasteiger partial charge in [-0.15, -0.1) is 11.3 Å². The van der Waals surface area contributed by atoms with Gasteiger partial charge in [0.2, 0.25) is 5.91 Å². The van der Waals surface area contributed by atoms with E-state index in [1.165, 1.54) is 11.3 Å². The number of carbonyl (C=O) groups is 1. The zero-order chi connectivity index (χ0) is 11.7. The first-order chi connectivity index (χ1) is 7.61. The van der Waals surface area contributed by atoms with Gasteiger partial charge in [0.15, 0.2) is 5.13 Å². The highest BCUT2D eigenvalue weighted by Gasteiger charge is 2.39. The molecule has 2 N–H and O–H groups in total. The van der Waals surface area contributed by atoms with Crippen LogP contribution < -0.4 is 5.32 Å². The van der Waals surface area contributed by atoms with E-state index in [9.17, 15) is 4.79 Å². The fourth-order valence-electron chi connectivity index (χ4n) is 1.43. The van der Waals surface area contributed by atoms with Crippen LogP contribution in [0.15, 0.2) is 10.5 Å². The Labute approximate surface area is 97.2 Å². The molecule has 1 saturated carbocycles. The minimum atomic E-state index is 0.0343. The third-order valence-electron chi connectivity index (χ3n) is 2.70. The van der Waals surface area contributed by atoms with Gasteiger partial charge in [0, 0.05) is 11.3 Å². The number of amides is 1. The Bertz CT molecular complexity index is 441. The number of oxime groups is 1. The molecular weight excluding hydrogens is 226 g/mol. The third kappa shape index (κ3) is 2.21. The minimum Gasteiger partial charge on any atom is -0.411 e. The second kappa shape index (κ2) is 4.21. The Hall–Kier alpha value is -1.43. The SMILES string of the molecule is CC(=NO)c1csc(NC(=O)C2CC2C)n1. The van der Waals surface area contributed by atoms with E-state index < -0.39 is 0 Å². The number of nitrogens with zero attached hydrogens (tertiary/aromatic N) is 2. The van der Waals surface area contributed by atoms with E-state index in [2.05, 4.69) is 22.4 Å². The van der Waals surface area contributed by atoms with Crippen molar-refractivity contribution in [1.29, 1.82) is 0 Å². The maximum absolute atomic E-state index is 11.6. The molecule has 1 aliphatic carbocycles. The molecule has 6 heteroatoms. The van der Waals surface area contributed by atoms with Gasteiger partial charge < -0.3 is 10.5 Å². The summed E-state index contributed by atoms with van der Waals surface area (Å²) in [5, 5.41) is 16.7. The normalized spacial score (nSPS) is 24.2. The van der Waals surface area contributed by atoms with Crippen molar-refractivity contribution in [3.63, 3.8) is 0 Å². The Kier molecular flexibility index (Phi) is 2.91. The third-order valence-corrected chi connectivity index (χ3v) is 3.46. The Morgan fingerprint density at radius 3 is 3.00 bits per heavy atom. The standard InChI is InChI=1S/C10H13N3O2S/c1-5-3-7(5)9(14)12-10-11-8(4-16-10)6(2)13-15/h4-5,7,15H,3H2,1-2H3,(H,11,12,14). The second-order valence-corrected chi connectivity index (χ2v) is 4.89. The molecule has 16 heavy (non-hydrogen) atoms. The number of anilines is 1. The van der Waals surface area contributed by atoms with Crippen LogP contribution in [0.1, 0.15) is 26.0 Å². The van der Waals surface area contributed by atoms with Gasteiger partial charge in [0.05, 0.1) is 0 Å². The first-order valence-electron chi connectivity index (χ1n) is 5.07. The first-order valence-corrected chi connectivity index (χ1v) is 5.95. The molecule has 1 amide bonds. The maximum Gasteiger partial charge on any atom is 0.229 e. The zero-order valence-corrected chi connectivity index (χ0v) is 9.91. The van der Waals surface area contributed by atoms with Crippen molar-refractivity contribution in [2.75, 3.05) is 5.32 Å². The predicted octanol–water partition coefficient (Wildman–Crippen LogP) is 1.94. The molecule has 2 atom stereocenters. The molecule has 2 unspecified atom stereocenters. The summed E-state index contributed by atoms with van der Waals surface area (Å²) < 4.78 is 0. The summed E-state index contributed by atoms with van der Waals surface area (Å²) in [6.07, 6.45) is 0.960. The molecule has 1 aliphatic rings. The van der Waals surface area contributed by atoms with Gasteiger partial charge in [-0.1, -0.05) is 12.1 Å². The average molecular weight is 239 g/mol. The highest BCUT2D eigenvalue weighted by atomic mass is 32.1. The van der Waals surface area contributed by atoms with E-state index in [0.29, 0.717) is 22.5 Å². The van der Waals surface area contributed by atoms with Crippen LogP contribution in [0.4, 0.5) is 5.13 Å². The van der Waals surface area contributed by atoms with Crippen LogP contribution in [0, 0.1) is 11.8 Å². The smallest absolute Gasteiger partial charge is 0.229 e. The van der Waals surface area contributed by atoms with E-state index in [0.717, 1.165) is 6.42 Å². The molecule has 5 nitrogen and oxygen atoms in total. The molecule has 0 saturated heterocycles. The lowest BCUT2D eigenvalue weighted by Crippen LogP contribution is -2.14. The zero-order valence-electron chi connectivity index (χ0n) is 9.10. The van der Waals surface area contributed by atoms with E-state index in [-0.39, 0.29) is 11.8 Å². The van der Waals surface area contributed by atoms with Crippen molar-refractivity contribution in [3.8, 4) is 0 Å². The lowest BCUT2D eigenvalue weighted by molar-refractivity contribution is -0.117. The number of hydrogen-bond acceptors (Lipinski definition) is 5. The molecule has 0 aromatic carbocycles. The highest BCUT2D eigenvalue weighted by Crippen LogP contribution is 2.38. The van der Waals surface area contributed by atoms with Crippen LogP contribution in [-0.4, -0.2) is 21.8 Å². The van der Waals surface area contributed by atoms with Gasteiger partial charge in [-0.2, -0.15) is 0 Å². The van der Waals surface area contributed by atoms with Gasteiger partial charge in [-0.05, 0) is 19.3 Å². The van der Waals surface area contributed by atoms with Crippen molar-refractivity contribution in [2.45, 2.75) is 20.3 Å². The monoisotopic (exact) mass is 239 g/mol. The lowest BCUT2D eigenvalue weighted by atomic mass is 10.3. The largest absolute Gasteiger partial charge is 0.411 e. The molecule has 1 heterocycles. The molecule has 1 aromatic rings. The molecular formula is C10H13N3O2S. The predicted molar refractivity (Wildman–Crippen MR) is 62.0 cm³/mol. The number of rotatable bonds is 3. The molecule has 0 spiro atoms. The maximum atomic E-state index is 11.6. The summed E-state index contributed by atoms with van der Waals surface area (Å²) in [6.45, 7) is 3.71. The number of aromatic nitrogens is 1. The van der Waals surface area contributed by atoms with Crippen molar-refractivity contribution < 1.29 is 10.0 Å². The summed E-state index contributed by atoms with van der Waals surface area (Å²) in [4.78, 5) is 15.8. The molecule has 0 aliphatic heterocycles. The topological polar surface area (TPSA) is 74.6 Å².